The van der Waals surface area contributed by atoms with Gasteiger partial charge in [0.2, 0.25) is 5.91 Å². The number of aromatic amines is 1. The van der Waals surface area contributed by atoms with E-state index in [4.69, 9.17) is 5.11 Å². The van der Waals surface area contributed by atoms with Gasteiger partial charge in [0.1, 0.15) is 4.83 Å². The number of H-pyrrole nitrogens is 1. The van der Waals surface area contributed by atoms with Gasteiger partial charge in [-0.2, -0.15) is 0 Å². The first kappa shape index (κ1) is 13.6. The first-order valence-electron chi connectivity index (χ1n) is 5.11. The predicted octanol–water partition coefficient (Wildman–Crippen LogP) is 0.521. The van der Waals surface area contributed by atoms with Crippen molar-refractivity contribution >= 4 is 45.2 Å². The van der Waals surface area contributed by atoms with E-state index in [1.54, 1.807) is 0 Å². The maximum atomic E-state index is 11.8. The van der Waals surface area contributed by atoms with Gasteiger partial charge in [0, 0.05) is 12.4 Å². The van der Waals surface area contributed by atoms with Crippen LogP contribution in [0.25, 0.3) is 10.2 Å². The Kier molecular flexibility index (Phi) is 3.86. The molecule has 3 N–H and O–H groups in total. The van der Waals surface area contributed by atoms with Gasteiger partial charge in [-0.05, 0) is 0 Å². The number of aromatic carboxylic acids is 1. The molecule has 9 heteroatoms. The molecule has 0 bridgehead atoms. The third-order valence-electron chi connectivity index (χ3n) is 2.27. The van der Waals surface area contributed by atoms with Crippen molar-refractivity contribution in [3.05, 3.63) is 21.3 Å². The predicted molar refractivity (Wildman–Crippen MR) is 72.0 cm³/mol. The minimum atomic E-state index is -1.16. The molecule has 0 radical (unpaired) electrons. The van der Waals surface area contributed by atoms with Crippen LogP contribution in [-0.2, 0) is 4.79 Å². The number of aromatic nitrogens is 2. The van der Waals surface area contributed by atoms with Gasteiger partial charge in [0.15, 0.2) is 5.16 Å². The third-order valence-corrected chi connectivity index (χ3v) is 4.02. The highest BCUT2D eigenvalue weighted by atomic mass is 32.2. The number of carbonyl (C=O) groups is 2. The number of carbonyl (C=O) groups excluding carboxylic acids is 1. The topological polar surface area (TPSA) is 112 Å². The lowest BCUT2D eigenvalue weighted by Gasteiger charge is -2.00. The van der Waals surface area contributed by atoms with Crippen molar-refractivity contribution in [3.63, 3.8) is 0 Å². The lowest BCUT2D eigenvalue weighted by atomic mass is 10.2. The summed E-state index contributed by atoms with van der Waals surface area (Å²) < 4.78 is 0. The summed E-state index contributed by atoms with van der Waals surface area (Å²) in [5.74, 6) is -1.23. The average molecular weight is 299 g/mol. The molecule has 0 unspecified atom stereocenters. The number of nitrogens with one attached hydrogen (secondary N) is 2. The van der Waals surface area contributed by atoms with Crippen LogP contribution < -0.4 is 10.9 Å². The second-order valence-electron chi connectivity index (χ2n) is 3.47. The van der Waals surface area contributed by atoms with Gasteiger partial charge in [-0.1, -0.05) is 11.8 Å². The number of hydrogen-bond acceptors (Lipinski definition) is 6. The van der Waals surface area contributed by atoms with Gasteiger partial charge < -0.3 is 15.4 Å². The molecule has 0 atom stereocenters. The normalized spacial score (nSPS) is 10.6. The summed E-state index contributed by atoms with van der Waals surface area (Å²) in [6.45, 7) is 0. The van der Waals surface area contributed by atoms with E-state index in [0.717, 1.165) is 23.1 Å². The highest BCUT2D eigenvalue weighted by Crippen LogP contribution is 2.23. The van der Waals surface area contributed by atoms with Crippen LogP contribution in [0.4, 0.5) is 0 Å². The lowest BCUT2D eigenvalue weighted by Crippen LogP contribution is -2.20. The number of amides is 1. The van der Waals surface area contributed by atoms with Crippen LogP contribution in [0.15, 0.2) is 15.3 Å². The highest BCUT2D eigenvalue weighted by molar-refractivity contribution is 7.99. The van der Waals surface area contributed by atoms with Crippen molar-refractivity contribution in [2.75, 3.05) is 12.8 Å². The van der Waals surface area contributed by atoms with Gasteiger partial charge in [-0.3, -0.25) is 9.59 Å². The summed E-state index contributed by atoms with van der Waals surface area (Å²) in [6.07, 6.45) is 0. The highest BCUT2D eigenvalue weighted by Gasteiger charge is 2.16. The first-order chi connectivity index (χ1) is 9.02. The fourth-order valence-electron chi connectivity index (χ4n) is 1.36. The molecular formula is C10H9N3O4S2. The van der Waals surface area contributed by atoms with Gasteiger partial charge in [0.05, 0.1) is 16.7 Å². The van der Waals surface area contributed by atoms with Gasteiger partial charge in [0.25, 0.3) is 5.56 Å². The first-order valence-corrected chi connectivity index (χ1v) is 6.97. The number of fused-ring (bicyclic) bond motifs is 1. The number of nitrogens with zero attached hydrogens (tertiary/aromatic N) is 1. The average Bonchev–Trinajstić information content (AvgIpc) is 2.80. The van der Waals surface area contributed by atoms with Gasteiger partial charge in [-0.25, -0.2) is 9.78 Å². The zero-order chi connectivity index (χ0) is 14.0. The molecule has 2 aromatic rings. The number of thiophene rings is 1. The lowest BCUT2D eigenvalue weighted by molar-refractivity contribution is -0.118. The van der Waals surface area contributed by atoms with Gasteiger partial charge >= 0.3 is 5.97 Å². The number of hydrogen-bond donors (Lipinski definition) is 3. The van der Waals surface area contributed by atoms with Crippen molar-refractivity contribution in [1.29, 1.82) is 0 Å². The van der Waals surface area contributed by atoms with Gasteiger partial charge in [-0.15, -0.1) is 11.3 Å². The van der Waals surface area contributed by atoms with Crippen molar-refractivity contribution in [3.8, 4) is 0 Å². The van der Waals surface area contributed by atoms with Crippen LogP contribution in [0.2, 0.25) is 0 Å². The minimum absolute atomic E-state index is 0.0587. The van der Waals surface area contributed by atoms with E-state index in [0.29, 0.717) is 9.99 Å². The van der Waals surface area contributed by atoms with Crippen LogP contribution in [0.5, 0.6) is 0 Å². The second kappa shape index (κ2) is 5.41. The molecule has 0 aromatic carbocycles. The summed E-state index contributed by atoms with van der Waals surface area (Å²) in [6, 6.07) is 0. The maximum absolute atomic E-state index is 11.8. The molecule has 100 valence electrons. The molecular weight excluding hydrogens is 290 g/mol. The Morgan fingerprint density at radius 3 is 2.95 bits per heavy atom. The molecule has 0 saturated heterocycles. The molecule has 0 aliphatic rings. The number of rotatable bonds is 4. The third kappa shape index (κ3) is 2.76. The second-order valence-corrected chi connectivity index (χ2v) is 5.29. The van der Waals surface area contributed by atoms with E-state index in [9.17, 15) is 14.4 Å². The molecule has 2 aromatic heterocycles. The number of carboxylic acids is 1. The monoisotopic (exact) mass is 299 g/mol. The van der Waals surface area contributed by atoms with E-state index in [-0.39, 0.29) is 22.6 Å². The number of carboxylic acid groups (broad SMARTS) is 1. The Morgan fingerprint density at radius 2 is 2.32 bits per heavy atom. The van der Waals surface area contributed by atoms with Crippen molar-refractivity contribution in [2.24, 2.45) is 0 Å². The van der Waals surface area contributed by atoms with E-state index in [1.165, 1.54) is 12.4 Å². The van der Waals surface area contributed by atoms with Crippen molar-refractivity contribution < 1.29 is 14.7 Å². The van der Waals surface area contributed by atoms with E-state index in [1.807, 2.05) is 0 Å². The Morgan fingerprint density at radius 1 is 1.58 bits per heavy atom. The van der Waals surface area contributed by atoms with Crippen LogP contribution >= 0.6 is 23.1 Å². The van der Waals surface area contributed by atoms with E-state index < -0.39 is 11.5 Å². The van der Waals surface area contributed by atoms with Crippen molar-refractivity contribution in [1.82, 2.24) is 15.3 Å². The maximum Gasteiger partial charge on any atom is 0.337 e. The Balaban J connectivity index is 2.38. The standard InChI is InChI=1S/C10H9N3O4S2/c1-11-5(14)3-19-10-12-7(15)6-4(9(16)17)2-18-8(6)13-10/h2H,3H2,1H3,(H,11,14)(H,16,17)(H,12,13,15). The molecule has 0 aliphatic carbocycles. The molecule has 19 heavy (non-hydrogen) atoms. The summed E-state index contributed by atoms with van der Waals surface area (Å²) in [7, 11) is 1.51. The quantitative estimate of drug-likeness (QED) is 0.560. The molecule has 2 rings (SSSR count). The Bertz CT molecular complexity index is 706. The van der Waals surface area contributed by atoms with E-state index >= 15 is 0 Å². The molecule has 7 nitrogen and oxygen atoms in total. The smallest absolute Gasteiger partial charge is 0.337 e. The summed E-state index contributed by atoms with van der Waals surface area (Å²) in [5, 5.41) is 13.1. The Hall–Kier alpha value is -1.87. The van der Waals surface area contributed by atoms with Crippen LogP contribution in [-0.4, -0.2) is 39.8 Å². The van der Waals surface area contributed by atoms with Crippen LogP contribution in [0.1, 0.15) is 10.4 Å². The van der Waals surface area contributed by atoms with Crippen molar-refractivity contribution in [2.45, 2.75) is 5.16 Å². The zero-order valence-corrected chi connectivity index (χ0v) is 11.4. The number of thioether (sulfide) groups is 1. The minimum Gasteiger partial charge on any atom is -0.478 e. The molecule has 0 spiro atoms. The molecule has 0 saturated carbocycles. The molecule has 0 fully saturated rings. The molecule has 1 amide bonds. The zero-order valence-electron chi connectivity index (χ0n) is 9.72. The largest absolute Gasteiger partial charge is 0.478 e. The SMILES string of the molecule is CNC(=O)CSc1nc2scc(C(=O)O)c2c(=O)[nH]1. The summed E-state index contributed by atoms with van der Waals surface area (Å²) in [4.78, 5) is 40.8. The Labute approximate surface area is 115 Å². The van der Waals surface area contributed by atoms with E-state index in [2.05, 4.69) is 15.3 Å². The van der Waals surface area contributed by atoms with Crippen LogP contribution in [0, 0.1) is 0 Å². The fraction of sp³-hybridized carbons (Fsp3) is 0.200. The summed E-state index contributed by atoms with van der Waals surface area (Å²) in [5.41, 5.74) is -0.570. The summed E-state index contributed by atoms with van der Waals surface area (Å²) >= 11 is 2.17. The molecule has 0 aliphatic heterocycles. The van der Waals surface area contributed by atoms with Crippen LogP contribution in [0.3, 0.4) is 0 Å². The fourth-order valence-corrected chi connectivity index (χ4v) is 3.06. The molecule has 2 heterocycles.